The maximum atomic E-state index is 12.5. The highest BCUT2D eigenvalue weighted by Gasteiger charge is 2.35. The maximum Gasteiger partial charge on any atom is 0.242 e. The fourth-order valence-corrected chi connectivity index (χ4v) is 3.69. The highest BCUT2D eigenvalue weighted by Crippen LogP contribution is 2.29. The summed E-state index contributed by atoms with van der Waals surface area (Å²) in [6.45, 7) is 4.48. The lowest BCUT2D eigenvalue weighted by Crippen LogP contribution is -2.31. The molecule has 1 heterocycles. The van der Waals surface area contributed by atoms with Crippen molar-refractivity contribution in [2.45, 2.75) is 25.6 Å². The van der Waals surface area contributed by atoms with Gasteiger partial charge in [-0.1, -0.05) is 48.2 Å². The van der Waals surface area contributed by atoms with Crippen molar-refractivity contribution >= 4 is 34.7 Å². The lowest BCUT2D eigenvalue weighted by molar-refractivity contribution is -0.126. The minimum atomic E-state index is -0.137. The van der Waals surface area contributed by atoms with Gasteiger partial charge in [0, 0.05) is 19.8 Å². The minimum absolute atomic E-state index is 0.0764. The minimum Gasteiger partial charge on any atom is -0.378 e. The molecule has 6 heteroatoms. The molecule has 1 amide bonds. The second-order valence-corrected chi connectivity index (χ2v) is 8.03. The van der Waals surface area contributed by atoms with Gasteiger partial charge < -0.3 is 4.90 Å². The van der Waals surface area contributed by atoms with E-state index in [1.54, 1.807) is 11.1 Å². The normalized spacial score (nSPS) is 18.7. The highest BCUT2D eigenvalue weighted by molar-refractivity contribution is 8.15. The molecule has 140 valence electrons. The number of amidine groups is 1. The average Bonchev–Trinajstić information content (AvgIpc) is 2.91. The molecule has 1 fully saturated rings. The molecule has 0 aliphatic carbocycles. The summed E-state index contributed by atoms with van der Waals surface area (Å²) in [6, 6.07) is 16.2. The van der Waals surface area contributed by atoms with E-state index in [0.717, 1.165) is 16.8 Å². The third-order valence-electron chi connectivity index (χ3n) is 4.48. The molecule has 1 atom stereocenters. The monoisotopic (exact) mass is 380 g/mol. The number of amides is 1. The third kappa shape index (κ3) is 4.57. The molecule has 0 saturated carbocycles. The van der Waals surface area contributed by atoms with E-state index in [-0.39, 0.29) is 11.2 Å². The molecule has 1 aliphatic rings. The van der Waals surface area contributed by atoms with Crippen LogP contribution in [0, 0.1) is 6.92 Å². The molecule has 0 N–H and O–H groups in total. The Bertz CT molecular complexity index is 874. The predicted octanol–water partition coefficient (Wildman–Crippen LogP) is 3.92. The number of anilines is 1. The van der Waals surface area contributed by atoms with Gasteiger partial charge in [0.2, 0.25) is 5.91 Å². The summed E-state index contributed by atoms with van der Waals surface area (Å²) in [6.07, 6.45) is 1.71. The fourth-order valence-electron chi connectivity index (χ4n) is 2.77. The second-order valence-electron chi connectivity index (χ2n) is 6.72. The molecular formula is C21H24N4OS. The summed E-state index contributed by atoms with van der Waals surface area (Å²) < 4.78 is 0. The molecule has 1 aliphatic heterocycles. The van der Waals surface area contributed by atoms with E-state index < -0.39 is 0 Å². The first-order chi connectivity index (χ1) is 13.0. The van der Waals surface area contributed by atoms with Gasteiger partial charge in [-0.3, -0.25) is 9.69 Å². The molecule has 3 rings (SSSR count). The first-order valence-electron chi connectivity index (χ1n) is 8.86. The van der Waals surface area contributed by atoms with Crippen molar-refractivity contribution in [3.63, 3.8) is 0 Å². The number of aryl methyl sites for hydroxylation is 1. The number of carbonyl (C=O) groups excluding carboxylic acids is 1. The Balaban J connectivity index is 1.76. The number of rotatable bonds is 5. The summed E-state index contributed by atoms with van der Waals surface area (Å²) >= 11 is 1.45. The van der Waals surface area contributed by atoms with Crippen LogP contribution < -0.4 is 4.90 Å². The largest absolute Gasteiger partial charge is 0.378 e. The van der Waals surface area contributed by atoms with E-state index in [4.69, 9.17) is 0 Å². The summed E-state index contributed by atoms with van der Waals surface area (Å²) in [5.74, 6) is 0.0764. The summed E-state index contributed by atoms with van der Waals surface area (Å²) in [4.78, 5) is 16.3. The maximum absolute atomic E-state index is 12.5. The van der Waals surface area contributed by atoms with Crippen molar-refractivity contribution in [3.8, 4) is 0 Å². The summed E-state index contributed by atoms with van der Waals surface area (Å²) in [5.41, 5.74) is 4.39. The van der Waals surface area contributed by atoms with Crippen LogP contribution in [0.5, 0.6) is 0 Å². The van der Waals surface area contributed by atoms with Crippen molar-refractivity contribution in [1.29, 1.82) is 0 Å². The molecule has 0 spiro atoms. The number of nitrogens with zero attached hydrogens (tertiary/aromatic N) is 4. The number of hydrogen-bond donors (Lipinski definition) is 0. The van der Waals surface area contributed by atoms with Crippen LogP contribution in [-0.2, 0) is 11.3 Å². The van der Waals surface area contributed by atoms with E-state index in [0.29, 0.717) is 11.7 Å². The van der Waals surface area contributed by atoms with E-state index in [1.165, 1.54) is 17.3 Å². The highest BCUT2D eigenvalue weighted by atomic mass is 32.2. The van der Waals surface area contributed by atoms with Gasteiger partial charge in [0.15, 0.2) is 5.17 Å². The predicted molar refractivity (Wildman–Crippen MR) is 115 cm³/mol. The Kier molecular flexibility index (Phi) is 5.96. The summed E-state index contributed by atoms with van der Waals surface area (Å²) in [7, 11) is 4.02. The van der Waals surface area contributed by atoms with Gasteiger partial charge in [0.25, 0.3) is 0 Å². The standard InChI is InChI=1S/C21H24N4OS/c1-15-7-5-6-8-18(15)14-25-20(26)16(2)27-21(25)23-22-13-17-9-11-19(12-10-17)24(3)4/h5-13,16H,14H2,1-4H3/b22-13-,23-21+/t16-/m1/s1. The van der Waals surface area contributed by atoms with Gasteiger partial charge in [-0.2, -0.15) is 5.10 Å². The molecule has 0 bridgehead atoms. The van der Waals surface area contributed by atoms with Crippen molar-refractivity contribution in [2.75, 3.05) is 19.0 Å². The van der Waals surface area contributed by atoms with Crippen molar-refractivity contribution in [1.82, 2.24) is 4.90 Å². The zero-order chi connectivity index (χ0) is 19.4. The van der Waals surface area contributed by atoms with Gasteiger partial charge in [-0.15, -0.1) is 5.10 Å². The summed E-state index contributed by atoms with van der Waals surface area (Å²) in [5, 5.41) is 9.06. The van der Waals surface area contributed by atoms with E-state index in [2.05, 4.69) is 23.2 Å². The molecule has 0 unspecified atom stereocenters. The smallest absolute Gasteiger partial charge is 0.242 e. The third-order valence-corrected chi connectivity index (χ3v) is 5.54. The van der Waals surface area contributed by atoms with Crippen LogP contribution in [-0.4, -0.2) is 41.5 Å². The molecule has 1 saturated heterocycles. The SMILES string of the molecule is Cc1ccccc1CN1C(=O)[C@@H](C)S/C1=N/N=C\c1ccc(N(C)C)cc1. The zero-order valence-corrected chi connectivity index (χ0v) is 16.9. The molecule has 0 aromatic heterocycles. The number of carbonyl (C=O) groups is 1. The average molecular weight is 381 g/mol. The Morgan fingerprint density at radius 3 is 2.52 bits per heavy atom. The molecule has 27 heavy (non-hydrogen) atoms. The van der Waals surface area contributed by atoms with E-state index in [9.17, 15) is 4.79 Å². The first kappa shape index (κ1) is 19.2. The molecule has 2 aromatic carbocycles. The lowest BCUT2D eigenvalue weighted by atomic mass is 10.1. The molecular weight excluding hydrogens is 356 g/mol. The van der Waals surface area contributed by atoms with Crippen molar-refractivity contribution in [3.05, 3.63) is 65.2 Å². The quantitative estimate of drug-likeness (QED) is 0.584. The van der Waals surface area contributed by atoms with Crippen LogP contribution in [0.1, 0.15) is 23.6 Å². The fraction of sp³-hybridized carbons (Fsp3) is 0.286. The first-order valence-corrected chi connectivity index (χ1v) is 9.74. The van der Waals surface area contributed by atoms with Gasteiger partial charge in [0.05, 0.1) is 18.0 Å². The van der Waals surface area contributed by atoms with Crippen LogP contribution in [0.2, 0.25) is 0 Å². The van der Waals surface area contributed by atoms with Crippen LogP contribution in [0.15, 0.2) is 58.7 Å². The Morgan fingerprint density at radius 2 is 1.85 bits per heavy atom. The molecule has 2 aromatic rings. The van der Waals surface area contributed by atoms with Crippen molar-refractivity contribution < 1.29 is 4.79 Å². The van der Waals surface area contributed by atoms with Crippen LogP contribution in [0.4, 0.5) is 5.69 Å². The van der Waals surface area contributed by atoms with Gasteiger partial charge >= 0.3 is 0 Å². The number of thioether (sulfide) groups is 1. The van der Waals surface area contributed by atoms with Gasteiger partial charge in [0.1, 0.15) is 0 Å². The van der Waals surface area contributed by atoms with E-state index >= 15 is 0 Å². The van der Waals surface area contributed by atoms with Crippen LogP contribution in [0.3, 0.4) is 0 Å². The molecule has 0 radical (unpaired) electrons. The number of hydrogen-bond acceptors (Lipinski definition) is 5. The Hall–Kier alpha value is -2.60. The lowest BCUT2D eigenvalue weighted by Gasteiger charge is -2.16. The van der Waals surface area contributed by atoms with Gasteiger partial charge in [-0.05, 0) is 42.7 Å². The number of benzene rings is 2. The molecule has 5 nitrogen and oxygen atoms in total. The van der Waals surface area contributed by atoms with Crippen LogP contribution >= 0.6 is 11.8 Å². The van der Waals surface area contributed by atoms with Gasteiger partial charge in [-0.25, -0.2) is 0 Å². The Labute approximate surface area is 164 Å². The van der Waals surface area contributed by atoms with Crippen LogP contribution in [0.25, 0.3) is 0 Å². The van der Waals surface area contributed by atoms with Crippen molar-refractivity contribution in [2.24, 2.45) is 10.2 Å². The zero-order valence-electron chi connectivity index (χ0n) is 16.1. The van der Waals surface area contributed by atoms with E-state index in [1.807, 2.05) is 68.4 Å². The second kappa shape index (κ2) is 8.39. The Morgan fingerprint density at radius 1 is 1.15 bits per heavy atom. The topological polar surface area (TPSA) is 48.3 Å².